The van der Waals surface area contributed by atoms with Crippen LogP contribution < -0.4 is 4.90 Å². The van der Waals surface area contributed by atoms with Crippen molar-refractivity contribution in [3.8, 4) is 0 Å². The Balaban J connectivity index is 1.63. The summed E-state index contributed by atoms with van der Waals surface area (Å²) in [5.74, 6) is 0. The summed E-state index contributed by atoms with van der Waals surface area (Å²) < 4.78 is 6.06. The average molecular weight is 253 g/mol. The van der Waals surface area contributed by atoms with Crippen molar-refractivity contribution < 1.29 is 4.74 Å². The molecule has 1 aromatic heterocycles. The van der Waals surface area contributed by atoms with E-state index >= 15 is 0 Å². The van der Waals surface area contributed by atoms with Crippen molar-refractivity contribution in [3.05, 3.63) is 11.6 Å². The van der Waals surface area contributed by atoms with Gasteiger partial charge >= 0.3 is 0 Å². The van der Waals surface area contributed by atoms with Gasteiger partial charge in [-0.25, -0.2) is 4.98 Å². The van der Waals surface area contributed by atoms with Crippen LogP contribution in [-0.2, 0) is 4.74 Å². The number of nitrogens with zero attached hydrogens (tertiary/aromatic N) is 3. The average Bonchev–Trinajstić information content (AvgIpc) is 2.83. The summed E-state index contributed by atoms with van der Waals surface area (Å²) in [5.41, 5.74) is 0.112. The molecule has 0 saturated carbocycles. The molecule has 4 nitrogen and oxygen atoms in total. The number of hydrogen-bond donors (Lipinski definition) is 0. The Morgan fingerprint density at radius 2 is 2.18 bits per heavy atom. The maximum atomic E-state index is 6.06. The van der Waals surface area contributed by atoms with Crippen LogP contribution in [0, 0.1) is 0 Å². The van der Waals surface area contributed by atoms with E-state index in [0.29, 0.717) is 0 Å². The van der Waals surface area contributed by atoms with E-state index in [-0.39, 0.29) is 5.60 Å². The fraction of sp³-hybridized carbons (Fsp3) is 0.750. The molecule has 2 fully saturated rings. The van der Waals surface area contributed by atoms with Crippen molar-refractivity contribution in [3.63, 3.8) is 0 Å². The molecule has 0 unspecified atom stereocenters. The van der Waals surface area contributed by atoms with E-state index in [0.717, 1.165) is 50.8 Å². The van der Waals surface area contributed by atoms with E-state index in [1.807, 2.05) is 11.6 Å². The van der Waals surface area contributed by atoms with Gasteiger partial charge in [0, 0.05) is 37.8 Å². The molecule has 2 aliphatic heterocycles. The third kappa shape index (κ3) is 2.32. The lowest BCUT2D eigenvalue weighted by atomic mass is 9.90. The number of anilines is 1. The molecule has 0 N–H and O–H groups in total. The third-order valence-electron chi connectivity index (χ3n) is 3.80. The first-order valence-corrected chi connectivity index (χ1v) is 7.12. The van der Waals surface area contributed by atoms with Gasteiger partial charge in [0.05, 0.1) is 12.2 Å². The van der Waals surface area contributed by atoms with Crippen LogP contribution in [0.15, 0.2) is 11.6 Å². The molecule has 3 rings (SSSR count). The Kier molecular flexibility index (Phi) is 3.06. The van der Waals surface area contributed by atoms with Crippen LogP contribution in [0.25, 0.3) is 0 Å². The normalized spacial score (nSPS) is 25.4. The van der Waals surface area contributed by atoms with Crippen molar-refractivity contribution in [2.45, 2.75) is 18.4 Å². The molecule has 0 aromatic carbocycles. The van der Waals surface area contributed by atoms with Gasteiger partial charge in [0.1, 0.15) is 0 Å². The lowest BCUT2D eigenvalue weighted by Gasteiger charge is -2.46. The Bertz CT molecular complexity index is 360. The van der Waals surface area contributed by atoms with Gasteiger partial charge in [0.25, 0.3) is 0 Å². The molecular weight excluding hydrogens is 234 g/mol. The van der Waals surface area contributed by atoms with Crippen LogP contribution in [0.5, 0.6) is 0 Å². The third-order valence-corrected chi connectivity index (χ3v) is 4.64. The molecule has 0 aliphatic carbocycles. The monoisotopic (exact) mass is 253 g/mol. The summed E-state index contributed by atoms with van der Waals surface area (Å²) in [7, 11) is 2.19. The summed E-state index contributed by atoms with van der Waals surface area (Å²) in [4.78, 5) is 9.16. The van der Waals surface area contributed by atoms with E-state index in [1.165, 1.54) is 0 Å². The van der Waals surface area contributed by atoms with Crippen molar-refractivity contribution in [2.75, 3.05) is 44.7 Å². The molecule has 2 saturated heterocycles. The van der Waals surface area contributed by atoms with Crippen LogP contribution >= 0.6 is 11.3 Å². The predicted molar refractivity (Wildman–Crippen MR) is 69.7 cm³/mol. The van der Waals surface area contributed by atoms with Crippen molar-refractivity contribution in [2.24, 2.45) is 0 Å². The highest BCUT2D eigenvalue weighted by atomic mass is 32.1. The summed E-state index contributed by atoms with van der Waals surface area (Å²) in [5, 5.41) is 3.20. The summed E-state index contributed by atoms with van der Waals surface area (Å²) in [6, 6.07) is 0. The number of ether oxygens (including phenoxy) is 1. The summed E-state index contributed by atoms with van der Waals surface area (Å²) >= 11 is 1.73. The van der Waals surface area contributed by atoms with Crippen LogP contribution in [0.1, 0.15) is 12.8 Å². The number of hydrogen-bond acceptors (Lipinski definition) is 5. The van der Waals surface area contributed by atoms with E-state index in [9.17, 15) is 0 Å². The number of morpholine rings is 1. The highest BCUT2D eigenvalue weighted by Gasteiger charge is 2.39. The zero-order chi connectivity index (χ0) is 11.7. The molecule has 0 bridgehead atoms. The molecule has 0 radical (unpaired) electrons. The van der Waals surface area contributed by atoms with Gasteiger partial charge in [0.15, 0.2) is 5.13 Å². The molecule has 2 aliphatic rings. The SMILES string of the molecule is CN1CCOC2(CCN(c3nccs3)CC2)C1. The molecule has 3 heterocycles. The number of aromatic nitrogens is 1. The second kappa shape index (κ2) is 4.55. The Morgan fingerprint density at radius 3 is 2.82 bits per heavy atom. The van der Waals surface area contributed by atoms with Gasteiger partial charge in [-0.2, -0.15) is 0 Å². The Labute approximate surface area is 106 Å². The second-order valence-corrected chi connectivity index (χ2v) is 5.94. The zero-order valence-corrected chi connectivity index (χ0v) is 11.1. The smallest absolute Gasteiger partial charge is 0.185 e. The highest BCUT2D eigenvalue weighted by molar-refractivity contribution is 7.13. The molecule has 5 heteroatoms. The second-order valence-electron chi connectivity index (χ2n) is 5.07. The van der Waals surface area contributed by atoms with Gasteiger partial charge in [-0.1, -0.05) is 0 Å². The fourth-order valence-electron chi connectivity index (χ4n) is 2.81. The molecule has 17 heavy (non-hydrogen) atoms. The van der Waals surface area contributed by atoms with Crippen molar-refractivity contribution >= 4 is 16.5 Å². The molecular formula is C12H19N3OS. The minimum Gasteiger partial charge on any atom is -0.372 e. The van der Waals surface area contributed by atoms with Gasteiger partial charge in [-0.3, -0.25) is 0 Å². The van der Waals surface area contributed by atoms with Gasteiger partial charge in [-0.05, 0) is 19.9 Å². The van der Waals surface area contributed by atoms with Crippen molar-refractivity contribution in [1.29, 1.82) is 0 Å². The maximum Gasteiger partial charge on any atom is 0.185 e. The van der Waals surface area contributed by atoms with Crippen LogP contribution in [0.2, 0.25) is 0 Å². The molecule has 94 valence electrons. The number of rotatable bonds is 1. The maximum absolute atomic E-state index is 6.06. The zero-order valence-electron chi connectivity index (χ0n) is 10.3. The highest BCUT2D eigenvalue weighted by Crippen LogP contribution is 2.32. The van der Waals surface area contributed by atoms with Crippen LogP contribution in [0.3, 0.4) is 0 Å². The molecule has 1 spiro atoms. The molecule has 0 atom stereocenters. The van der Waals surface area contributed by atoms with Gasteiger partial charge in [0.2, 0.25) is 0 Å². The Hall–Kier alpha value is -0.650. The number of thiazole rings is 1. The lowest BCUT2D eigenvalue weighted by molar-refractivity contribution is -0.115. The summed E-state index contributed by atoms with van der Waals surface area (Å²) in [6.45, 7) is 5.17. The minimum atomic E-state index is 0.112. The largest absolute Gasteiger partial charge is 0.372 e. The fourth-order valence-corrected chi connectivity index (χ4v) is 3.51. The molecule has 1 aromatic rings. The van der Waals surface area contributed by atoms with Gasteiger partial charge < -0.3 is 14.5 Å². The predicted octanol–water partition coefficient (Wildman–Crippen LogP) is 1.44. The topological polar surface area (TPSA) is 28.6 Å². The number of piperidine rings is 1. The lowest BCUT2D eigenvalue weighted by Crippen LogP contribution is -2.56. The first-order chi connectivity index (χ1) is 8.27. The van der Waals surface area contributed by atoms with E-state index in [2.05, 4.69) is 21.8 Å². The van der Waals surface area contributed by atoms with Crippen LogP contribution in [-0.4, -0.2) is 55.3 Å². The Morgan fingerprint density at radius 1 is 1.35 bits per heavy atom. The standard InChI is InChI=1S/C12H19N3OS/c1-14-7-8-16-12(10-14)2-5-15(6-3-12)11-13-4-9-17-11/h4,9H,2-3,5-8,10H2,1H3. The van der Waals surface area contributed by atoms with Gasteiger partial charge in [-0.15, -0.1) is 11.3 Å². The minimum absolute atomic E-state index is 0.112. The first-order valence-electron chi connectivity index (χ1n) is 6.24. The van der Waals surface area contributed by atoms with Crippen LogP contribution in [0.4, 0.5) is 5.13 Å². The first kappa shape index (κ1) is 11.4. The van der Waals surface area contributed by atoms with Crippen molar-refractivity contribution in [1.82, 2.24) is 9.88 Å². The van der Waals surface area contributed by atoms with E-state index in [1.54, 1.807) is 11.3 Å². The summed E-state index contributed by atoms with van der Waals surface area (Å²) in [6.07, 6.45) is 4.13. The quantitative estimate of drug-likeness (QED) is 0.757. The van der Waals surface area contributed by atoms with E-state index in [4.69, 9.17) is 4.74 Å². The van der Waals surface area contributed by atoms with E-state index < -0.39 is 0 Å². The molecule has 0 amide bonds. The number of likely N-dealkylation sites (N-methyl/N-ethyl adjacent to an activating group) is 1.